The van der Waals surface area contributed by atoms with Gasteiger partial charge in [-0.3, -0.25) is 4.79 Å². The van der Waals surface area contributed by atoms with Crippen molar-refractivity contribution in [3.05, 3.63) is 60.4 Å². The lowest BCUT2D eigenvalue weighted by molar-refractivity contribution is 0.102. The number of nitrogens with one attached hydrogen (secondary N) is 1. The van der Waals surface area contributed by atoms with Crippen molar-refractivity contribution in [3.63, 3.8) is 0 Å². The number of para-hydroxylation sites is 1. The molecular weight excluding hydrogens is 228 g/mol. The molecule has 5 nitrogen and oxygen atoms in total. The monoisotopic (exact) mass is 238 g/mol. The number of fused-ring (bicyclic) bond motifs is 1. The molecule has 0 spiro atoms. The topological polar surface area (TPSA) is 59.3 Å². The molecule has 0 aliphatic rings. The Bertz CT molecular complexity index is 690. The van der Waals surface area contributed by atoms with Crippen LogP contribution in [0.15, 0.2) is 54.7 Å². The minimum atomic E-state index is -0.262. The summed E-state index contributed by atoms with van der Waals surface area (Å²) in [6, 6.07) is 14.7. The Morgan fingerprint density at radius 3 is 2.67 bits per heavy atom. The lowest BCUT2D eigenvalue weighted by atomic mass is 10.3. The predicted molar refractivity (Wildman–Crippen MR) is 67.4 cm³/mol. The summed E-state index contributed by atoms with van der Waals surface area (Å²) in [7, 11) is 0. The SMILES string of the molecule is O=C(Nc1ccccc1)c1nnn2ccccc12. The highest BCUT2D eigenvalue weighted by Crippen LogP contribution is 2.11. The molecule has 88 valence electrons. The summed E-state index contributed by atoms with van der Waals surface area (Å²) in [6.07, 6.45) is 1.75. The molecule has 5 heteroatoms. The number of pyridine rings is 1. The van der Waals surface area contributed by atoms with Crippen molar-refractivity contribution in [2.24, 2.45) is 0 Å². The molecule has 0 aliphatic carbocycles. The van der Waals surface area contributed by atoms with Crippen LogP contribution in [0.4, 0.5) is 5.69 Å². The van der Waals surface area contributed by atoms with E-state index in [1.165, 1.54) is 0 Å². The summed E-state index contributed by atoms with van der Waals surface area (Å²) in [6.45, 7) is 0. The predicted octanol–water partition coefficient (Wildman–Crippen LogP) is 1.98. The van der Waals surface area contributed by atoms with Crippen LogP contribution >= 0.6 is 0 Å². The third-order valence-corrected chi connectivity index (χ3v) is 2.57. The Hall–Kier alpha value is -2.69. The highest BCUT2D eigenvalue weighted by molar-refractivity contribution is 6.07. The van der Waals surface area contributed by atoms with Crippen LogP contribution in [0, 0.1) is 0 Å². The number of hydrogen-bond donors (Lipinski definition) is 1. The first-order valence-electron chi connectivity index (χ1n) is 5.51. The normalized spacial score (nSPS) is 10.4. The van der Waals surface area contributed by atoms with E-state index in [4.69, 9.17) is 0 Å². The number of amides is 1. The van der Waals surface area contributed by atoms with Crippen LogP contribution in [0.5, 0.6) is 0 Å². The first-order chi connectivity index (χ1) is 8.84. The van der Waals surface area contributed by atoms with E-state index >= 15 is 0 Å². The van der Waals surface area contributed by atoms with Gasteiger partial charge in [0, 0.05) is 11.9 Å². The summed E-state index contributed by atoms with van der Waals surface area (Å²) in [5.74, 6) is -0.262. The van der Waals surface area contributed by atoms with Gasteiger partial charge in [-0.1, -0.05) is 29.5 Å². The molecule has 2 aromatic heterocycles. The van der Waals surface area contributed by atoms with E-state index in [2.05, 4.69) is 15.6 Å². The second-order valence-corrected chi connectivity index (χ2v) is 3.79. The van der Waals surface area contributed by atoms with E-state index in [0.717, 1.165) is 5.69 Å². The molecular formula is C13H10N4O. The molecule has 0 unspecified atom stereocenters. The molecule has 0 saturated carbocycles. The van der Waals surface area contributed by atoms with Crippen molar-refractivity contribution in [1.82, 2.24) is 14.8 Å². The third-order valence-electron chi connectivity index (χ3n) is 2.57. The van der Waals surface area contributed by atoms with Gasteiger partial charge in [0.1, 0.15) is 0 Å². The van der Waals surface area contributed by atoms with E-state index < -0.39 is 0 Å². The first-order valence-corrected chi connectivity index (χ1v) is 5.51. The van der Waals surface area contributed by atoms with Crippen LogP contribution in [0.2, 0.25) is 0 Å². The second kappa shape index (κ2) is 4.29. The van der Waals surface area contributed by atoms with Gasteiger partial charge in [-0.2, -0.15) is 0 Å². The third kappa shape index (κ3) is 1.82. The number of carbonyl (C=O) groups excluding carboxylic acids is 1. The first kappa shape index (κ1) is 10.5. The molecule has 0 radical (unpaired) electrons. The lowest BCUT2D eigenvalue weighted by Crippen LogP contribution is -2.12. The lowest BCUT2D eigenvalue weighted by Gasteiger charge is -2.02. The van der Waals surface area contributed by atoms with Gasteiger partial charge in [0.15, 0.2) is 5.69 Å². The van der Waals surface area contributed by atoms with Gasteiger partial charge in [-0.05, 0) is 24.3 Å². The fraction of sp³-hybridized carbons (Fsp3) is 0. The largest absolute Gasteiger partial charge is 0.321 e. The van der Waals surface area contributed by atoms with Gasteiger partial charge in [0.25, 0.3) is 5.91 Å². The van der Waals surface area contributed by atoms with Gasteiger partial charge < -0.3 is 5.32 Å². The molecule has 1 amide bonds. The second-order valence-electron chi connectivity index (χ2n) is 3.79. The summed E-state index contributed by atoms with van der Waals surface area (Å²) < 4.78 is 1.57. The molecule has 0 bridgehead atoms. The van der Waals surface area contributed by atoms with Crippen LogP contribution < -0.4 is 5.32 Å². The van der Waals surface area contributed by atoms with E-state index in [-0.39, 0.29) is 5.91 Å². The highest BCUT2D eigenvalue weighted by Gasteiger charge is 2.14. The number of rotatable bonds is 2. The minimum absolute atomic E-state index is 0.262. The summed E-state index contributed by atoms with van der Waals surface area (Å²) in [4.78, 5) is 12.1. The minimum Gasteiger partial charge on any atom is -0.321 e. The molecule has 0 fully saturated rings. The maximum Gasteiger partial charge on any atom is 0.278 e. The van der Waals surface area contributed by atoms with E-state index in [9.17, 15) is 4.79 Å². The van der Waals surface area contributed by atoms with Crippen LogP contribution in [-0.2, 0) is 0 Å². The zero-order valence-corrected chi connectivity index (χ0v) is 9.45. The molecule has 2 heterocycles. The van der Waals surface area contributed by atoms with Gasteiger partial charge >= 0.3 is 0 Å². The number of hydrogen-bond acceptors (Lipinski definition) is 3. The zero-order valence-electron chi connectivity index (χ0n) is 9.45. The van der Waals surface area contributed by atoms with Gasteiger partial charge in [0.05, 0.1) is 5.52 Å². The average molecular weight is 238 g/mol. The smallest absolute Gasteiger partial charge is 0.278 e. The molecule has 3 rings (SSSR count). The summed E-state index contributed by atoms with van der Waals surface area (Å²) >= 11 is 0. The van der Waals surface area contributed by atoms with Crippen molar-refractivity contribution in [2.75, 3.05) is 5.32 Å². The van der Waals surface area contributed by atoms with Crippen molar-refractivity contribution >= 4 is 17.1 Å². The van der Waals surface area contributed by atoms with Crippen molar-refractivity contribution in [3.8, 4) is 0 Å². The van der Waals surface area contributed by atoms with Crippen molar-refractivity contribution in [1.29, 1.82) is 0 Å². The number of carbonyl (C=O) groups is 1. The molecule has 0 saturated heterocycles. The van der Waals surface area contributed by atoms with E-state index in [0.29, 0.717) is 11.2 Å². The Morgan fingerprint density at radius 2 is 1.83 bits per heavy atom. The standard InChI is InChI=1S/C13H10N4O/c18-13(14-10-6-2-1-3-7-10)12-11-8-4-5-9-17(11)16-15-12/h1-9H,(H,14,18). The van der Waals surface area contributed by atoms with Crippen LogP contribution in [0.3, 0.4) is 0 Å². The summed E-state index contributed by atoms with van der Waals surface area (Å²) in [5, 5.41) is 10.6. The van der Waals surface area contributed by atoms with Crippen LogP contribution in [0.25, 0.3) is 5.52 Å². The Balaban J connectivity index is 1.93. The quantitative estimate of drug-likeness (QED) is 0.742. The van der Waals surface area contributed by atoms with Gasteiger partial charge in [0.2, 0.25) is 0 Å². The Kier molecular flexibility index (Phi) is 2.49. The molecule has 18 heavy (non-hydrogen) atoms. The fourth-order valence-electron chi connectivity index (χ4n) is 1.72. The number of aromatic nitrogens is 3. The number of anilines is 1. The highest BCUT2D eigenvalue weighted by atomic mass is 16.2. The molecule has 0 aliphatic heterocycles. The fourth-order valence-corrected chi connectivity index (χ4v) is 1.72. The number of benzene rings is 1. The molecule has 1 N–H and O–H groups in total. The maximum absolute atomic E-state index is 12.1. The average Bonchev–Trinajstić information content (AvgIpc) is 2.84. The van der Waals surface area contributed by atoms with Crippen LogP contribution in [0.1, 0.15) is 10.5 Å². The zero-order chi connectivity index (χ0) is 12.4. The molecule has 3 aromatic rings. The van der Waals surface area contributed by atoms with E-state index in [1.807, 2.05) is 42.5 Å². The van der Waals surface area contributed by atoms with Gasteiger partial charge in [-0.15, -0.1) is 5.10 Å². The number of nitrogens with zero attached hydrogens (tertiary/aromatic N) is 3. The van der Waals surface area contributed by atoms with Gasteiger partial charge in [-0.25, -0.2) is 4.52 Å². The molecule has 0 atom stereocenters. The Morgan fingerprint density at radius 1 is 1.06 bits per heavy atom. The Labute approximate surface area is 103 Å². The van der Waals surface area contributed by atoms with Crippen molar-refractivity contribution < 1.29 is 4.79 Å². The maximum atomic E-state index is 12.1. The van der Waals surface area contributed by atoms with Crippen molar-refractivity contribution in [2.45, 2.75) is 0 Å². The van der Waals surface area contributed by atoms with E-state index in [1.54, 1.807) is 16.8 Å². The van der Waals surface area contributed by atoms with Crippen LogP contribution in [-0.4, -0.2) is 20.7 Å². The molecule has 1 aromatic carbocycles. The summed E-state index contributed by atoms with van der Waals surface area (Å²) in [5.41, 5.74) is 1.74.